The van der Waals surface area contributed by atoms with Gasteiger partial charge in [0.25, 0.3) is 5.91 Å². The monoisotopic (exact) mass is 415 g/mol. The summed E-state index contributed by atoms with van der Waals surface area (Å²) in [5.41, 5.74) is 6.48. The van der Waals surface area contributed by atoms with E-state index in [1.54, 1.807) is 0 Å². The molecule has 0 aliphatic carbocycles. The van der Waals surface area contributed by atoms with Crippen LogP contribution in [0, 0.1) is 19.8 Å². The van der Waals surface area contributed by atoms with Gasteiger partial charge in [-0.1, -0.05) is 74.0 Å². The molecule has 0 bridgehead atoms. The molecule has 0 fully saturated rings. The third-order valence-electron chi connectivity index (χ3n) is 5.19. The molecule has 160 valence electrons. The standard InChI is InChI=1S/C27H29NO3/c1-18(2)27(30)31-15-14-21-9-5-6-11-25(21)28-26(29)24-17-23(13-12-20(24)4)22-10-7-8-19(3)16-22/h5-13,16-18H,14-15H2,1-4H3,(H,28,29). The third-order valence-corrected chi connectivity index (χ3v) is 5.19. The number of hydrogen-bond donors (Lipinski definition) is 1. The number of carbonyl (C=O) groups excluding carboxylic acids is 2. The van der Waals surface area contributed by atoms with Gasteiger partial charge in [-0.2, -0.15) is 0 Å². The van der Waals surface area contributed by atoms with Crippen LogP contribution >= 0.6 is 0 Å². The number of para-hydroxylation sites is 1. The normalized spacial score (nSPS) is 10.7. The summed E-state index contributed by atoms with van der Waals surface area (Å²) in [6.45, 7) is 7.89. The molecule has 1 N–H and O–H groups in total. The van der Waals surface area contributed by atoms with Crippen molar-refractivity contribution in [2.75, 3.05) is 11.9 Å². The molecule has 0 saturated carbocycles. The Morgan fingerprint density at radius 2 is 1.65 bits per heavy atom. The van der Waals surface area contributed by atoms with Gasteiger partial charge in [-0.05, 0) is 48.2 Å². The van der Waals surface area contributed by atoms with E-state index in [0.717, 1.165) is 27.9 Å². The number of nitrogens with one attached hydrogen (secondary N) is 1. The summed E-state index contributed by atoms with van der Waals surface area (Å²) in [5, 5.41) is 3.04. The van der Waals surface area contributed by atoms with Crippen molar-refractivity contribution >= 4 is 17.6 Å². The van der Waals surface area contributed by atoms with Gasteiger partial charge in [0.05, 0.1) is 12.5 Å². The highest BCUT2D eigenvalue weighted by Gasteiger charge is 2.14. The molecule has 4 heteroatoms. The Kier molecular flexibility index (Phi) is 7.24. The molecule has 0 atom stereocenters. The first-order chi connectivity index (χ1) is 14.8. The van der Waals surface area contributed by atoms with Gasteiger partial charge in [-0.3, -0.25) is 9.59 Å². The summed E-state index contributed by atoms with van der Waals surface area (Å²) in [6, 6.07) is 21.8. The van der Waals surface area contributed by atoms with E-state index in [1.165, 1.54) is 5.56 Å². The van der Waals surface area contributed by atoms with Gasteiger partial charge in [-0.15, -0.1) is 0 Å². The highest BCUT2D eigenvalue weighted by atomic mass is 16.5. The summed E-state index contributed by atoms with van der Waals surface area (Å²) in [7, 11) is 0. The van der Waals surface area contributed by atoms with Crippen molar-refractivity contribution in [3.05, 3.63) is 89.0 Å². The number of amides is 1. The zero-order valence-corrected chi connectivity index (χ0v) is 18.6. The van der Waals surface area contributed by atoms with Crippen LogP contribution in [0.25, 0.3) is 11.1 Å². The Morgan fingerprint density at radius 3 is 2.39 bits per heavy atom. The number of ether oxygens (including phenoxy) is 1. The Hall–Kier alpha value is -3.40. The van der Waals surface area contributed by atoms with Crippen molar-refractivity contribution in [2.45, 2.75) is 34.1 Å². The maximum absolute atomic E-state index is 13.1. The number of benzene rings is 3. The van der Waals surface area contributed by atoms with Crippen molar-refractivity contribution in [2.24, 2.45) is 5.92 Å². The molecule has 0 aliphatic rings. The minimum absolute atomic E-state index is 0.154. The Balaban J connectivity index is 1.78. The van der Waals surface area contributed by atoms with Crippen LogP contribution in [0.4, 0.5) is 5.69 Å². The molecule has 3 aromatic carbocycles. The smallest absolute Gasteiger partial charge is 0.308 e. The second-order valence-corrected chi connectivity index (χ2v) is 8.08. The number of hydrogen-bond acceptors (Lipinski definition) is 3. The predicted octanol–water partition coefficient (Wildman–Crippen LogP) is 5.96. The number of carbonyl (C=O) groups is 2. The van der Waals surface area contributed by atoms with E-state index >= 15 is 0 Å². The second-order valence-electron chi connectivity index (χ2n) is 8.08. The van der Waals surface area contributed by atoms with E-state index in [2.05, 4.69) is 24.4 Å². The molecule has 0 heterocycles. The average molecular weight is 416 g/mol. The van der Waals surface area contributed by atoms with Gasteiger partial charge in [0.15, 0.2) is 0 Å². The molecule has 0 radical (unpaired) electrons. The van der Waals surface area contributed by atoms with Gasteiger partial charge in [-0.25, -0.2) is 0 Å². The second kappa shape index (κ2) is 10.1. The maximum atomic E-state index is 13.1. The van der Waals surface area contributed by atoms with Gasteiger partial charge in [0, 0.05) is 17.7 Å². The van der Waals surface area contributed by atoms with E-state index in [0.29, 0.717) is 12.0 Å². The van der Waals surface area contributed by atoms with E-state index in [1.807, 2.05) is 75.4 Å². The van der Waals surface area contributed by atoms with E-state index in [4.69, 9.17) is 4.74 Å². The molecule has 4 nitrogen and oxygen atoms in total. The molecular formula is C27H29NO3. The number of esters is 1. The minimum atomic E-state index is -0.217. The molecule has 1 amide bonds. The van der Waals surface area contributed by atoms with Gasteiger partial charge in [0.1, 0.15) is 0 Å². The van der Waals surface area contributed by atoms with Crippen LogP contribution in [0.5, 0.6) is 0 Å². The van der Waals surface area contributed by atoms with Crippen molar-refractivity contribution in [1.29, 1.82) is 0 Å². The van der Waals surface area contributed by atoms with Crippen LogP contribution in [-0.2, 0) is 16.0 Å². The third kappa shape index (κ3) is 5.82. The lowest BCUT2D eigenvalue weighted by Crippen LogP contribution is -2.16. The van der Waals surface area contributed by atoms with Gasteiger partial charge in [0.2, 0.25) is 0 Å². The number of aryl methyl sites for hydroxylation is 2. The van der Waals surface area contributed by atoms with Crippen LogP contribution in [0.1, 0.15) is 40.9 Å². The predicted molar refractivity (Wildman–Crippen MR) is 125 cm³/mol. The zero-order valence-electron chi connectivity index (χ0n) is 18.6. The maximum Gasteiger partial charge on any atom is 0.308 e. The molecular weight excluding hydrogens is 386 g/mol. The van der Waals surface area contributed by atoms with Crippen molar-refractivity contribution in [1.82, 2.24) is 0 Å². The Bertz CT molecular complexity index is 1090. The van der Waals surface area contributed by atoms with Crippen LogP contribution in [-0.4, -0.2) is 18.5 Å². The lowest BCUT2D eigenvalue weighted by atomic mass is 9.98. The lowest BCUT2D eigenvalue weighted by Gasteiger charge is -2.14. The fourth-order valence-electron chi connectivity index (χ4n) is 3.35. The quantitative estimate of drug-likeness (QED) is 0.484. The average Bonchev–Trinajstić information content (AvgIpc) is 2.75. The molecule has 0 spiro atoms. The number of rotatable bonds is 7. The highest BCUT2D eigenvalue weighted by Crippen LogP contribution is 2.25. The molecule has 0 aromatic heterocycles. The topological polar surface area (TPSA) is 55.4 Å². The summed E-state index contributed by atoms with van der Waals surface area (Å²) in [5.74, 6) is -0.526. The van der Waals surface area contributed by atoms with Crippen LogP contribution in [0.2, 0.25) is 0 Å². The molecule has 0 saturated heterocycles. The van der Waals surface area contributed by atoms with E-state index in [9.17, 15) is 9.59 Å². The molecule has 3 rings (SSSR count). The van der Waals surface area contributed by atoms with E-state index < -0.39 is 0 Å². The Labute approximate surface area is 184 Å². The number of anilines is 1. The highest BCUT2D eigenvalue weighted by molar-refractivity contribution is 6.06. The summed E-state index contributed by atoms with van der Waals surface area (Å²) in [4.78, 5) is 24.8. The molecule has 31 heavy (non-hydrogen) atoms. The van der Waals surface area contributed by atoms with Gasteiger partial charge < -0.3 is 10.1 Å². The summed E-state index contributed by atoms with van der Waals surface area (Å²) < 4.78 is 5.29. The molecule has 0 aliphatic heterocycles. The summed E-state index contributed by atoms with van der Waals surface area (Å²) in [6.07, 6.45) is 0.539. The van der Waals surface area contributed by atoms with Crippen LogP contribution in [0.3, 0.4) is 0 Å². The minimum Gasteiger partial charge on any atom is -0.465 e. The fraction of sp³-hybridized carbons (Fsp3) is 0.259. The van der Waals surface area contributed by atoms with Crippen molar-refractivity contribution in [3.63, 3.8) is 0 Å². The van der Waals surface area contributed by atoms with Crippen LogP contribution in [0.15, 0.2) is 66.7 Å². The first-order valence-electron chi connectivity index (χ1n) is 10.6. The fourth-order valence-corrected chi connectivity index (χ4v) is 3.35. The van der Waals surface area contributed by atoms with Crippen LogP contribution < -0.4 is 5.32 Å². The largest absolute Gasteiger partial charge is 0.465 e. The molecule has 0 unspecified atom stereocenters. The zero-order chi connectivity index (χ0) is 22.4. The first kappa shape index (κ1) is 22.3. The lowest BCUT2D eigenvalue weighted by molar-refractivity contribution is -0.147. The summed E-state index contributed by atoms with van der Waals surface area (Å²) >= 11 is 0. The van der Waals surface area contributed by atoms with Crippen molar-refractivity contribution in [3.8, 4) is 11.1 Å². The molecule has 3 aromatic rings. The van der Waals surface area contributed by atoms with Crippen molar-refractivity contribution < 1.29 is 14.3 Å². The first-order valence-corrected chi connectivity index (χ1v) is 10.6. The Morgan fingerprint density at radius 1 is 0.903 bits per heavy atom. The van der Waals surface area contributed by atoms with Gasteiger partial charge >= 0.3 is 5.97 Å². The SMILES string of the molecule is Cc1cccc(-c2ccc(C)c(C(=O)Nc3ccccc3CCOC(=O)C(C)C)c2)c1. The van der Waals surface area contributed by atoms with E-state index in [-0.39, 0.29) is 24.4 Å².